The first-order chi connectivity index (χ1) is 16.7. The van der Waals surface area contributed by atoms with Gasteiger partial charge in [-0.25, -0.2) is 4.98 Å². The summed E-state index contributed by atoms with van der Waals surface area (Å²) in [4.78, 5) is 12.2. The standard InChI is InChI=1S/C28H37N5O/c1-29-27-24-10-6-7-11-25(24)31-28(32-27)33(2)21-15-13-20(14-16-21)30-18-19-12-17-26(34-3)23-9-5-4-8-22(19)23/h4-5,8-9,12,17,20-21,30H,6-7,10-11,13-16,18H2,1-3H3,(H,29,31,32)/t20-,21+. The van der Waals surface area contributed by atoms with Crippen molar-refractivity contribution in [3.63, 3.8) is 0 Å². The average molecular weight is 460 g/mol. The molecule has 6 nitrogen and oxygen atoms in total. The molecule has 2 aliphatic rings. The second-order valence-corrected chi connectivity index (χ2v) is 9.72. The molecule has 6 heteroatoms. The van der Waals surface area contributed by atoms with Crippen LogP contribution in [-0.2, 0) is 19.4 Å². The van der Waals surface area contributed by atoms with Gasteiger partial charge in [0, 0.05) is 43.7 Å². The van der Waals surface area contributed by atoms with E-state index in [1.54, 1.807) is 7.11 Å². The van der Waals surface area contributed by atoms with Crippen molar-refractivity contribution in [2.75, 3.05) is 31.4 Å². The highest BCUT2D eigenvalue weighted by molar-refractivity contribution is 5.91. The van der Waals surface area contributed by atoms with E-state index in [4.69, 9.17) is 14.7 Å². The van der Waals surface area contributed by atoms with Crippen molar-refractivity contribution in [2.45, 2.75) is 70.0 Å². The minimum absolute atomic E-state index is 0.492. The predicted molar refractivity (Wildman–Crippen MR) is 140 cm³/mol. The van der Waals surface area contributed by atoms with Gasteiger partial charge in [0.2, 0.25) is 5.95 Å². The van der Waals surface area contributed by atoms with Crippen LogP contribution in [0.2, 0.25) is 0 Å². The number of methoxy groups -OCH3 is 1. The molecule has 3 aromatic rings. The van der Waals surface area contributed by atoms with Gasteiger partial charge in [-0.05, 0) is 68.4 Å². The van der Waals surface area contributed by atoms with Crippen LogP contribution in [0, 0.1) is 0 Å². The van der Waals surface area contributed by atoms with E-state index in [0.29, 0.717) is 12.1 Å². The summed E-state index contributed by atoms with van der Waals surface area (Å²) in [5, 5.41) is 9.59. The molecule has 0 spiro atoms. The molecule has 2 aliphatic carbocycles. The minimum atomic E-state index is 0.492. The number of aryl methyl sites for hydroxylation is 1. The van der Waals surface area contributed by atoms with Crippen molar-refractivity contribution < 1.29 is 4.74 Å². The fraction of sp³-hybridized carbons (Fsp3) is 0.500. The number of benzene rings is 2. The first-order valence-corrected chi connectivity index (χ1v) is 12.8. The van der Waals surface area contributed by atoms with Crippen molar-refractivity contribution in [2.24, 2.45) is 0 Å². The maximum Gasteiger partial charge on any atom is 0.227 e. The van der Waals surface area contributed by atoms with Gasteiger partial charge >= 0.3 is 0 Å². The van der Waals surface area contributed by atoms with E-state index in [2.05, 4.69) is 59.0 Å². The highest BCUT2D eigenvalue weighted by Crippen LogP contribution is 2.31. The highest BCUT2D eigenvalue weighted by atomic mass is 16.5. The van der Waals surface area contributed by atoms with Gasteiger partial charge in [0.1, 0.15) is 11.6 Å². The van der Waals surface area contributed by atoms with Gasteiger partial charge in [-0.1, -0.05) is 30.3 Å². The molecule has 180 valence electrons. The molecule has 2 aromatic carbocycles. The summed E-state index contributed by atoms with van der Waals surface area (Å²) < 4.78 is 5.55. The van der Waals surface area contributed by atoms with Gasteiger partial charge in [0.25, 0.3) is 0 Å². The first kappa shape index (κ1) is 22.9. The Morgan fingerprint density at radius 2 is 1.74 bits per heavy atom. The highest BCUT2D eigenvalue weighted by Gasteiger charge is 2.27. The largest absolute Gasteiger partial charge is 0.496 e. The molecule has 2 N–H and O–H groups in total. The van der Waals surface area contributed by atoms with Gasteiger partial charge in [0.15, 0.2) is 0 Å². The van der Waals surface area contributed by atoms with Gasteiger partial charge in [-0.2, -0.15) is 4.98 Å². The average Bonchev–Trinajstić information content (AvgIpc) is 2.90. The van der Waals surface area contributed by atoms with Gasteiger partial charge in [0.05, 0.1) is 12.8 Å². The second kappa shape index (κ2) is 10.2. The molecular weight excluding hydrogens is 422 g/mol. The maximum absolute atomic E-state index is 5.55. The Bertz CT molecular complexity index is 1120. The summed E-state index contributed by atoms with van der Waals surface area (Å²) in [6.45, 7) is 0.884. The molecule has 0 radical (unpaired) electrons. The number of hydrogen-bond acceptors (Lipinski definition) is 6. The molecule has 1 aromatic heterocycles. The summed E-state index contributed by atoms with van der Waals surface area (Å²) in [5.74, 6) is 2.84. The molecule has 0 unspecified atom stereocenters. The number of hydrogen-bond donors (Lipinski definition) is 2. The number of fused-ring (bicyclic) bond motifs is 2. The predicted octanol–water partition coefficient (Wildman–Crippen LogP) is 5.10. The molecule has 0 atom stereocenters. The van der Waals surface area contributed by atoms with Crippen LogP contribution < -0.4 is 20.3 Å². The molecule has 1 fully saturated rings. The molecule has 0 saturated heterocycles. The number of nitrogens with one attached hydrogen (secondary N) is 2. The van der Waals surface area contributed by atoms with Crippen LogP contribution in [0.3, 0.4) is 0 Å². The minimum Gasteiger partial charge on any atom is -0.496 e. The monoisotopic (exact) mass is 459 g/mol. The fourth-order valence-electron chi connectivity index (χ4n) is 5.70. The van der Waals surface area contributed by atoms with Crippen LogP contribution in [-0.4, -0.2) is 43.3 Å². The van der Waals surface area contributed by atoms with Crippen molar-refractivity contribution in [3.8, 4) is 5.75 Å². The van der Waals surface area contributed by atoms with E-state index >= 15 is 0 Å². The van der Waals surface area contributed by atoms with Crippen molar-refractivity contribution in [3.05, 3.63) is 53.2 Å². The Labute approximate surface area is 203 Å². The number of aromatic nitrogens is 2. The Morgan fingerprint density at radius 1 is 0.971 bits per heavy atom. The Hall–Kier alpha value is -2.86. The summed E-state index contributed by atoms with van der Waals surface area (Å²) >= 11 is 0. The Kier molecular flexibility index (Phi) is 6.86. The van der Waals surface area contributed by atoms with Gasteiger partial charge in [-0.3, -0.25) is 0 Å². The maximum atomic E-state index is 5.55. The van der Waals surface area contributed by atoms with E-state index in [1.165, 1.54) is 53.3 Å². The SMILES string of the molecule is CNc1nc(N(C)[C@H]2CC[C@@H](NCc3ccc(OC)c4ccccc34)CC2)nc2c1CCCC2. The molecule has 0 aliphatic heterocycles. The summed E-state index contributed by atoms with van der Waals surface area (Å²) in [7, 11) is 5.89. The third-order valence-electron chi connectivity index (χ3n) is 7.74. The van der Waals surface area contributed by atoms with E-state index in [9.17, 15) is 0 Å². The molecule has 0 bridgehead atoms. The number of nitrogens with zero attached hydrogens (tertiary/aromatic N) is 3. The Morgan fingerprint density at radius 3 is 2.50 bits per heavy atom. The molecule has 0 amide bonds. The number of anilines is 2. The third-order valence-corrected chi connectivity index (χ3v) is 7.74. The summed E-state index contributed by atoms with van der Waals surface area (Å²) in [6.07, 6.45) is 9.31. The first-order valence-electron chi connectivity index (χ1n) is 12.8. The lowest BCUT2D eigenvalue weighted by molar-refractivity contribution is 0.334. The van der Waals surface area contributed by atoms with E-state index in [1.807, 2.05) is 7.05 Å². The third kappa shape index (κ3) is 4.56. The zero-order valence-electron chi connectivity index (χ0n) is 20.7. The lowest BCUT2D eigenvalue weighted by atomic mass is 9.90. The van der Waals surface area contributed by atoms with Crippen LogP contribution in [0.1, 0.15) is 55.3 Å². The van der Waals surface area contributed by atoms with Crippen LogP contribution in [0.25, 0.3) is 10.8 Å². The molecule has 34 heavy (non-hydrogen) atoms. The summed E-state index contributed by atoms with van der Waals surface area (Å²) in [6, 6.07) is 13.8. The van der Waals surface area contributed by atoms with Crippen molar-refractivity contribution in [1.82, 2.24) is 15.3 Å². The van der Waals surface area contributed by atoms with Gasteiger partial charge in [-0.15, -0.1) is 0 Å². The van der Waals surface area contributed by atoms with Crippen LogP contribution in [0.15, 0.2) is 36.4 Å². The van der Waals surface area contributed by atoms with Crippen LogP contribution >= 0.6 is 0 Å². The van der Waals surface area contributed by atoms with E-state index in [-0.39, 0.29) is 0 Å². The lowest BCUT2D eigenvalue weighted by Gasteiger charge is -2.35. The summed E-state index contributed by atoms with van der Waals surface area (Å²) in [5.41, 5.74) is 3.90. The molecule has 5 rings (SSSR count). The fourth-order valence-corrected chi connectivity index (χ4v) is 5.70. The number of rotatable bonds is 7. The smallest absolute Gasteiger partial charge is 0.227 e. The molecule has 1 saturated carbocycles. The van der Waals surface area contributed by atoms with Crippen LogP contribution in [0.4, 0.5) is 11.8 Å². The normalized spacial score (nSPS) is 20.1. The van der Waals surface area contributed by atoms with Gasteiger partial charge < -0.3 is 20.3 Å². The van der Waals surface area contributed by atoms with E-state index in [0.717, 1.165) is 49.7 Å². The topological polar surface area (TPSA) is 62.3 Å². The number of ether oxygens (including phenoxy) is 1. The second-order valence-electron chi connectivity index (χ2n) is 9.72. The quantitative estimate of drug-likeness (QED) is 0.513. The van der Waals surface area contributed by atoms with Crippen molar-refractivity contribution in [1.29, 1.82) is 0 Å². The zero-order valence-corrected chi connectivity index (χ0v) is 20.7. The van der Waals surface area contributed by atoms with Crippen LogP contribution in [0.5, 0.6) is 5.75 Å². The molecular formula is C28H37N5O. The lowest BCUT2D eigenvalue weighted by Crippen LogP contribution is -2.41. The van der Waals surface area contributed by atoms with Crippen molar-refractivity contribution >= 4 is 22.5 Å². The zero-order chi connectivity index (χ0) is 23.5. The molecule has 1 heterocycles. The van der Waals surface area contributed by atoms with E-state index < -0.39 is 0 Å². The Balaban J connectivity index is 1.21.